The number of halogens is 1. The summed E-state index contributed by atoms with van der Waals surface area (Å²) < 4.78 is 12.1. The molecule has 0 aliphatic carbocycles. The molecule has 0 fully saturated rings. The van der Waals surface area contributed by atoms with Crippen LogP contribution in [0.4, 0.5) is 4.39 Å². The van der Waals surface area contributed by atoms with Crippen molar-refractivity contribution >= 4 is 11.9 Å². The van der Waals surface area contributed by atoms with Crippen molar-refractivity contribution in [3.8, 4) is 0 Å². The standard InChI is InChI=1S/C14H19FN2O4/c15-5-1-2-9-3-4-11(17-8-9)6-10(13(18)19)7-12(16)14(20)21/h3-4,8,10,12H,1-2,5-7,16H2,(H,18,19)(H,20,21). The summed E-state index contributed by atoms with van der Waals surface area (Å²) in [6.07, 6.45) is 2.54. The Morgan fingerprint density at radius 1 is 1.29 bits per heavy atom. The molecule has 0 spiro atoms. The van der Waals surface area contributed by atoms with Gasteiger partial charge in [0.15, 0.2) is 0 Å². The number of aryl methyl sites for hydroxylation is 1. The molecule has 21 heavy (non-hydrogen) atoms. The van der Waals surface area contributed by atoms with Crippen LogP contribution in [0.25, 0.3) is 0 Å². The third-order valence-electron chi connectivity index (χ3n) is 3.15. The first-order chi connectivity index (χ1) is 9.93. The third-order valence-corrected chi connectivity index (χ3v) is 3.15. The molecule has 116 valence electrons. The van der Waals surface area contributed by atoms with Gasteiger partial charge in [0.1, 0.15) is 6.04 Å². The zero-order valence-electron chi connectivity index (χ0n) is 11.5. The summed E-state index contributed by atoms with van der Waals surface area (Å²) >= 11 is 0. The molecule has 6 nitrogen and oxygen atoms in total. The molecule has 1 aromatic heterocycles. The molecule has 0 amide bonds. The SMILES string of the molecule is NC(CC(Cc1ccc(CCCF)cn1)C(=O)O)C(=O)O. The van der Waals surface area contributed by atoms with E-state index in [-0.39, 0.29) is 12.8 Å². The van der Waals surface area contributed by atoms with E-state index in [4.69, 9.17) is 15.9 Å². The van der Waals surface area contributed by atoms with E-state index in [1.54, 1.807) is 18.3 Å². The fraction of sp³-hybridized carbons (Fsp3) is 0.500. The van der Waals surface area contributed by atoms with Gasteiger partial charge in [-0.25, -0.2) is 0 Å². The van der Waals surface area contributed by atoms with Crippen molar-refractivity contribution in [2.24, 2.45) is 11.7 Å². The van der Waals surface area contributed by atoms with Crippen molar-refractivity contribution < 1.29 is 24.2 Å². The molecule has 0 aliphatic heterocycles. The molecule has 1 heterocycles. The Bertz CT molecular complexity index is 478. The van der Waals surface area contributed by atoms with Crippen LogP contribution in [-0.2, 0) is 22.4 Å². The first-order valence-electron chi connectivity index (χ1n) is 6.65. The summed E-state index contributed by atoms with van der Waals surface area (Å²) in [4.78, 5) is 26.0. The van der Waals surface area contributed by atoms with E-state index >= 15 is 0 Å². The maximum absolute atomic E-state index is 12.1. The average molecular weight is 298 g/mol. The minimum Gasteiger partial charge on any atom is -0.481 e. The fourth-order valence-electron chi connectivity index (χ4n) is 1.93. The van der Waals surface area contributed by atoms with Gasteiger partial charge in [-0.3, -0.25) is 19.0 Å². The van der Waals surface area contributed by atoms with E-state index in [0.29, 0.717) is 18.5 Å². The highest BCUT2D eigenvalue weighted by molar-refractivity contribution is 5.75. The van der Waals surface area contributed by atoms with Gasteiger partial charge in [-0.15, -0.1) is 0 Å². The summed E-state index contributed by atoms with van der Waals surface area (Å²) in [5.74, 6) is -3.23. The van der Waals surface area contributed by atoms with Gasteiger partial charge in [-0.1, -0.05) is 6.07 Å². The van der Waals surface area contributed by atoms with Crippen molar-refractivity contribution in [3.63, 3.8) is 0 Å². The van der Waals surface area contributed by atoms with Gasteiger partial charge in [-0.2, -0.15) is 0 Å². The Hall–Kier alpha value is -2.02. The van der Waals surface area contributed by atoms with E-state index < -0.39 is 30.6 Å². The number of pyridine rings is 1. The number of aliphatic carboxylic acids is 2. The predicted molar refractivity (Wildman–Crippen MR) is 73.6 cm³/mol. The molecule has 0 radical (unpaired) electrons. The summed E-state index contributed by atoms with van der Waals surface area (Å²) in [5, 5.41) is 17.9. The van der Waals surface area contributed by atoms with Crippen molar-refractivity contribution in [1.82, 2.24) is 4.98 Å². The van der Waals surface area contributed by atoms with Crippen LogP contribution in [0.2, 0.25) is 0 Å². The lowest BCUT2D eigenvalue weighted by Crippen LogP contribution is -2.35. The molecule has 1 rings (SSSR count). The lowest BCUT2D eigenvalue weighted by Gasteiger charge is -2.14. The summed E-state index contributed by atoms with van der Waals surface area (Å²) in [6.45, 7) is -0.393. The quantitative estimate of drug-likeness (QED) is 0.627. The molecule has 7 heteroatoms. The normalized spacial score (nSPS) is 13.6. The van der Waals surface area contributed by atoms with E-state index in [2.05, 4.69) is 4.98 Å². The Kier molecular flexibility index (Phi) is 6.74. The number of carboxylic acid groups (broad SMARTS) is 2. The monoisotopic (exact) mass is 298 g/mol. The van der Waals surface area contributed by atoms with Crippen molar-refractivity contribution in [1.29, 1.82) is 0 Å². The second kappa shape index (κ2) is 8.31. The maximum atomic E-state index is 12.1. The van der Waals surface area contributed by atoms with Crippen molar-refractivity contribution in [2.45, 2.75) is 31.7 Å². The molecule has 4 N–H and O–H groups in total. The molecule has 2 unspecified atom stereocenters. The Labute approximate surface area is 121 Å². The molecular formula is C14H19FN2O4. The van der Waals surface area contributed by atoms with Gasteiger partial charge in [-0.05, 0) is 30.9 Å². The third kappa shape index (κ3) is 5.86. The molecule has 0 saturated heterocycles. The van der Waals surface area contributed by atoms with Gasteiger partial charge in [0, 0.05) is 18.3 Å². The second-order valence-corrected chi connectivity index (χ2v) is 4.87. The zero-order chi connectivity index (χ0) is 15.8. The van der Waals surface area contributed by atoms with E-state index in [0.717, 1.165) is 5.56 Å². The lowest BCUT2D eigenvalue weighted by atomic mass is 9.95. The topological polar surface area (TPSA) is 114 Å². The van der Waals surface area contributed by atoms with Crippen LogP contribution in [0.15, 0.2) is 18.3 Å². The lowest BCUT2D eigenvalue weighted by molar-refractivity contribution is -0.143. The Morgan fingerprint density at radius 3 is 2.48 bits per heavy atom. The minimum atomic E-state index is -1.23. The molecule has 0 aliphatic rings. The highest BCUT2D eigenvalue weighted by Gasteiger charge is 2.25. The number of hydrogen-bond donors (Lipinski definition) is 3. The van der Waals surface area contributed by atoms with Crippen LogP contribution in [0, 0.1) is 5.92 Å². The van der Waals surface area contributed by atoms with E-state index in [1.165, 1.54) is 0 Å². The number of carbonyl (C=O) groups is 2. The number of nitrogens with two attached hydrogens (primary N) is 1. The molecule has 1 aromatic rings. The highest BCUT2D eigenvalue weighted by atomic mass is 19.1. The first kappa shape index (κ1) is 17.0. The fourth-order valence-corrected chi connectivity index (χ4v) is 1.93. The molecule has 0 saturated carbocycles. The number of nitrogens with zero attached hydrogens (tertiary/aromatic N) is 1. The van der Waals surface area contributed by atoms with Gasteiger partial charge >= 0.3 is 11.9 Å². The van der Waals surface area contributed by atoms with Crippen molar-refractivity contribution in [3.05, 3.63) is 29.6 Å². The maximum Gasteiger partial charge on any atom is 0.320 e. The summed E-state index contributed by atoms with van der Waals surface area (Å²) in [6, 6.07) is 2.24. The zero-order valence-corrected chi connectivity index (χ0v) is 11.5. The van der Waals surface area contributed by atoms with Crippen LogP contribution in [0.5, 0.6) is 0 Å². The smallest absolute Gasteiger partial charge is 0.320 e. The molecule has 0 aromatic carbocycles. The second-order valence-electron chi connectivity index (χ2n) is 4.87. The largest absolute Gasteiger partial charge is 0.481 e. The number of alkyl halides is 1. The number of carboxylic acids is 2. The number of hydrogen-bond acceptors (Lipinski definition) is 4. The summed E-state index contributed by atoms with van der Waals surface area (Å²) in [5.41, 5.74) is 6.79. The highest BCUT2D eigenvalue weighted by Crippen LogP contribution is 2.14. The first-order valence-corrected chi connectivity index (χ1v) is 6.65. The van der Waals surface area contributed by atoms with Gasteiger partial charge in [0.05, 0.1) is 12.6 Å². The van der Waals surface area contributed by atoms with Crippen LogP contribution in [0.3, 0.4) is 0 Å². The molecule has 0 bridgehead atoms. The minimum absolute atomic E-state index is 0.111. The Morgan fingerprint density at radius 2 is 2.00 bits per heavy atom. The van der Waals surface area contributed by atoms with E-state index in [1.807, 2.05) is 0 Å². The number of rotatable bonds is 9. The van der Waals surface area contributed by atoms with E-state index in [9.17, 15) is 14.0 Å². The Balaban J connectivity index is 2.66. The van der Waals surface area contributed by atoms with Gasteiger partial charge in [0.2, 0.25) is 0 Å². The predicted octanol–water partition coefficient (Wildman–Crippen LogP) is 1.03. The van der Waals surface area contributed by atoms with Gasteiger partial charge < -0.3 is 15.9 Å². The number of aromatic nitrogens is 1. The van der Waals surface area contributed by atoms with Crippen LogP contribution < -0.4 is 5.73 Å². The molecule has 2 atom stereocenters. The summed E-state index contributed by atoms with van der Waals surface area (Å²) in [7, 11) is 0. The molecular weight excluding hydrogens is 279 g/mol. The van der Waals surface area contributed by atoms with Crippen molar-refractivity contribution in [2.75, 3.05) is 6.67 Å². The van der Waals surface area contributed by atoms with Gasteiger partial charge in [0.25, 0.3) is 0 Å². The van der Waals surface area contributed by atoms with Crippen LogP contribution in [0.1, 0.15) is 24.1 Å². The van der Waals surface area contributed by atoms with Crippen LogP contribution in [-0.4, -0.2) is 39.9 Å². The van der Waals surface area contributed by atoms with Crippen LogP contribution >= 0.6 is 0 Å². The average Bonchev–Trinajstić information content (AvgIpc) is 2.45.